The maximum atomic E-state index is 13.8. The average Bonchev–Trinajstić information content (AvgIpc) is 2.39. The summed E-state index contributed by atoms with van der Waals surface area (Å²) in [7, 11) is 2.04. The minimum atomic E-state index is -0.215. The van der Waals surface area contributed by atoms with E-state index in [2.05, 4.69) is 26.3 Å². The van der Waals surface area contributed by atoms with Gasteiger partial charge in [0.2, 0.25) is 0 Å². The predicted octanol–water partition coefficient (Wildman–Crippen LogP) is 1.29. The largest absolute Gasteiger partial charge is 0.374 e. The molecule has 1 aliphatic rings. The first-order valence-electron chi connectivity index (χ1n) is 6.30. The van der Waals surface area contributed by atoms with Crippen LogP contribution in [0.25, 0.3) is 0 Å². The Morgan fingerprint density at radius 2 is 2.42 bits per heavy atom. The van der Waals surface area contributed by atoms with Crippen molar-refractivity contribution in [3.63, 3.8) is 0 Å². The number of nitrogens with zero attached hydrogens (tertiary/aromatic N) is 1. The molecule has 0 radical (unpaired) electrons. The summed E-state index contributed by atoms with van der Waals surface area (Å²) in [6.07, 6.45) is 0.474. The number of hydrazine groups is 1. The highest BCUT2D eigenvalue weighted by Crippen LogP contribution is 2.19. The fourth-order valence-corrected chi connectivity index (χ4v) is 2.70. The van der Waals surface area contributed by atoms with Crippen molar-refractivity contribution in [1.29, 1.82) is 0 Å². The maximum Gasteiger partial charge on any atom is 0.126 e. The van der Waals surface area contributed by atoms with E-state index in [1.807, 2.05) is 7.05 Å². The van der Waals surface area contributed by atoms with Gasteiger partial charge in [0.25, 0.3) is 0 Å². The third kappa shape index (κ3) is 3.97. The lowest BCUT2D eigenvalue weighted by atomic mass is 10.0. The Morgan fingerprint density at radius 1 is 1.63 bits per heavy atom. The summed E-state index contributed by atoms with van der Waals surface area (Å²) in [6, 6.07) is 4.83. The quantitative estimate of drug-likeness (QED) is 0.645. The van der Waals surface area contributed by atoms with Crippen LogP contribution in [0.3, 0.4) is 0 Å². The number of benzene rings is 1. The molecule has 19 heavy (non-hydrogen) atoms. The van der Waals surface area contributed by atoms with Gasteiger partial charge >= 0.3 is 0 Å². The molecule has 6 heteroatoms. The zero-order valence-corrected chi connectivity index (χ0v) is 12.5. The van der Waals surface area contributed by atoms with E-state index in [1.54, 1.807) is 12.1 Å². The number of hydrogen-bond donors (Lipinski definition) is 2. The molecule has 3 N–H and O–H groups in total. The van der Waals surface area contributed by atoms with Crippen molar-refractivity contribution < 1.29 is 9.13 Å². The number of nitrogens with two attached hydrogens (primary N) is 1. The number of nitrogens with one attached hydrogen (secondary N) is 1. The summed E-state index contributed by atoms with van der Waals surface area (Å²) < 4.78 is 20.4. The molecule has 106 valence electrons. The number of likely N-dealkylation sites (N-methyl/N-ethyl adjacent to an activating group) is 1. The summed E-state index contributed by atoms with van der Waals surface area (Å²) >= 11 is 3.36. The Morgan fingerprint density at radius 3 is 3.11 bits per heavy atom. The Labute approximate surface area is 121 Å². The molecule has 1 fully saturated rings. The molecule has 2 unspecified atom stereocenters. The Balaban J connectivity index is 2.07. The van der Waals surface area contributed by atoms with Crippen molar-refractivity contribution in [3.05, 3.63) is 34.1 Å². The Hall–Kier alpha value is -0.530. The van der Waals surface area contributed by atoms with Gasteiger partial charge in [-0.15, -0.1) is 0 Å². The normalized spacial score (nSPS) is 22.4. The molecular formula is C13H19BrFN3O. The van der Waals surface area contributed by atoms with Crippen LogP contribution in [0.1, 0.15) is 5.56 Å². The van der Waals surface area contributed by atoms with Crippen LogP contribution in [0.4, 0.5) is 4.39 Å². The topological polar surface area (TPSA) is 50.5 Å². The second-order valence-electron chi connectivity index (χ2n) is 4.88. The molecule has 1 aromatic carbocycles. The standard InChI is InChI=1S/C13H19BrFN3O/c1-18-4-5-19-13(8-18)12(17-16)7-9-6-10(14)2-3-11(9)15/h2-3,6,12-13,17H,4-5,7-8,16H2,1H3. The minimum Gasteiger partial charge on any atom is -0.374 e. The number of morpholine rings is 1. The summed E-state index contributed by atoms with van der Waals surface area (Å²) in [4.78, 5) is 2.19. The van der Waals surface area contributed by atoms with E-state index in [-0.39, 0.29) is 18.0 Å². The lowest BCUT2D eigenvalue weighted by Crippen LogP contribution is -2.54. The molecule has 0 amide bonds. The highest BCUT2D eigenvalue weighted by Gasteiger charge is 2.26. The smallest absolute Gasteiger partial charge is 0.126 e. The first kappa shape index (κ1) is 14.9. The highest BCUT2D eigenvalue weighted by molar-refractivity contribution is 9.10. The van der Waals surface area contributed by atoms with Crippen LogP contribution in [0.5, 0.6) is 0 Å². The third-order valence-electron chi connectivity index (χ3n) is 3.41. The Bertz CT molecular complexity index is 432. The van der Waals surface area contributed by atoms with E-state index in [9.17, 15) is 4.39 Å². The molecule has 0 saturated carbocycles. The molecule has 0 aromatic heterocycles. The van der Waals surface area contributed by atoms with Crippen molar-refractivity contribution in [2.75, 3.05) is 26.7 Å². The summed E-state index contributed by atoms with van der Waals surface area (Å²) in [5, 5.41) is 0. The van der Waals surface area contributed by atoms with Crippen LogP contribution in [-0.4, -0.2) is 43.8 Å². The van der Waals surface area contributed by atoms with E-state index in [1.165, 1.54) is 6.07 Å². The highest BCUT2D eigenvalue weighted by atomic mass is 79.9. The van der Waals surface area contributed by atoms with Crippen LogP contribution < -0.4 is 11.3 Å². The van der Waals surface area contributed by atoms with Crippen LogP contribution in [0.15, 0.2) is 22.7 Å². The van der Waals surface area contributed by atoms with E-state index in [0.717, 1.165) is 17.6 Å². The fourth-order valence-electron chi connectivity index (χ4n) is 2.29. The van der Waals surface area contributed by atoms with Crippen molar-refractivity contribution in [3.8, 4) is 0 Å². The SMILES string of the molecule is CN1CCOC(C(Cc2cc(Br)ccc2F)NN)C1. The van der Waals surface area contributed by atoms with Crippen molar-refractivity contribution in [2.45, 2.75) is 18.6 Å². The second-order valence-corrected chi connectivity index (χ2v) is 5.80. The molecule has 1 aliphatic heterocycles. The van der Waals surface area contributed by atoms with Gasteiger partial charge in [-0.25, -0.2) is 4.39 Å². The van der Waals surface area contributed by atoms with Gasteiger partial charge in [0.1, 0.15) is 5.82 Å². The number of halogens is 2. The summed E-state index contributed by atoms with van der Waals surface area (Å²) in [5.41, 5.74) is 3.39. The molecule has 1 saturated heterocycles. The fraction of sp³-hybridized carbons (Fsp3) is 0.538. The molecule has 0 aliphatic carbocycles. The second kappa shape index (κ2) is 6.76. The van der Waals surface area contributed by atoms with Crippen LogP contribution in [0, 0.1) is 5.82 Å². The van der Waals surface area contributed by atoms with E-state index in [0.29, 0.717) is 18.6 Å². The number of hydrogen-bond acceptors (Lipinski definition) is 4. The van der Waals surface area contributed by atoms with Gasteiger partial charge in [-0.2, -0.15) is 0 Å². The average molecular weight is 332 g/mol. The molecule has 4 nitrogen and oxygen atoms in total. The summed E-state index contributed by atoms with van der Waals surface area (Å²) in [6.45, 7) is 2.39. The van der Waals surface area contributed by atoms with Crippen LogP contribution in [-0.2, 0) is 11.2 Å². The number of rotatable bonds is 4. The molecule has 1 heterocycles. The van der Waals surface area contributed by atoms with Crippen molar-refractivity contribution in [2.24, 2.45) is 5.84 Å². The van der Waals surface area contributed by atoms with Gasteiger partial charge < -0.3 is 9.64 Å². The van der Waals surface area contributed by atoms with Gasteiger partial charge in [-0.3, -0.25) is 11.3 Å². The molecule has 1 aromatic rings. The van der Waals surface area contributed by atoms with Crippen molar-refractivity contribution in [1.82, 2.24) is 10.3 Å². The molecule has 0 spiro atoms. The van der Waals surface area contributed by atoms with Gasteiger partial charge in [0.15, 0.2) is 0 Å². The van der Waals surface area contributed by atoms with Crippen LogP contribution >= 0.6 is 15.9 Å². The van der Waals surface area contributed by atoms with E-state index in [4.69, 9.17) is 10.6 Å². The Kier molecular flexibility index (Phi) is 5.29. The minimum absolute atomic E-state index is 0.0258. The lowest BCUT2D eigenvalue weighted by Gasteiger charge is -2.35. The molecule has 0 bridgehead atoms. The summed E-state index contributed by atoms with van der Waals surface area (Å²) in [5.74, 6) is 5.39. The van der Waals surface area contributed by atoms with E-state index < -0.39 is 0 Å². The molecular weight excluding hydrogens is 313 g/mol. The van der Waals surface area contributed by atoms with Gasteiger partial charge in [0, 0.05) is 17.6 Å². The zero-order chi connectivity index (χ0) is 13.8. The molecule has 2 atom stereocenters. The molecule has 2 rings (SSSR count). The zero-order valence-electron chi connectivity index (χ0n) is 10.9. The first-order valence-corrected chi connectivity index (χ1v) is 7.09. The number of ether oxygens (including phenoxy) is 1. The van der Waals surface area contributed by atoms with Gasteiger partial charge in [-0.1, -0.05) is 15.9 Å². The maximum absolute atomic E-state index is 13.8. The van der Waals surface area contributed by atoms with Crippen LogP contribution in [0.2, 0.25) is 0 Å². The van der Waals surface area contributed by atoms with Gasteiger partial charge in [-0.05, 0) is 37.2 Å². The van der Waals surface area contributed by atoms with E-state index >= 15 is 0 Å². The first-order chi connectivity index (χ1) is 9.10. The predicted molar refractivity (Wildman–Crippen MR) is 76.2 cm³/mol. The van der Waals surface area contributed by atoms with Crippen molar-refractivity contribution >= 4 is 15.9 Å². The monoisotopic (exact) mass is 331 g/mol. The van der Waals surface area contributed by atoms with Gasteiger partial charge in [0.05, 0.1) is 18.8 Å². The third-order valence-corrected chi connectivity index (χ3v) is 3.90. The lowest BCUT2D eigenvalue weighted by molar-refractivity contribution is -0.0385.